The first-order valence-corrected chi connectivity index (χ1v) is 8.36. The Bertz CT molecular complexity index is 970. The van der Waals surface area contributed by atoms with E-state index >= 15 is 0 Å². The first-order chi connectivity index (χ1) is 12.0. The smallest absolute Gasteiger partial charge is 0.339 e. The largest absolute Gasteiger partial charge is 0.497 e. The second-order valence-corrected chi connectivity index (χ2v) is 6.05. The van der Waals surface area contributed by atoms with E-state index in [1.165, 1.54) is 0 Å². The van der Waals surface area contributed by atoms with Gasteiger partial charge in [0.2, 0.25) is 0 Å². The highest BCUT2D eigenvalue weighted by Crippen LogP contribution is 2.30. The van der Waals surface area contributed by atoms with E-state index in [-0.39, 0.29) is 5.63 Å². The molecule has 0 bridgehead atoms. The van der Waals surface area contributed by atoms with Crippen molar-refractivity contribution in [2.24, 2.45) is 0 Å². The van der Waals surface area contributed by atoms with E-state index in [2.05, 4.69) is 0 Å². The Labute approximate surface area is 147 Å². The molecule has 4 heteroatoms. The summed E-state index contributed by atoms with van der Waals surface area (Å²) in [5.74, 6) is 1.51. The summed E-state index contributed by atoms with van der Waals surface area (Å²) in [6, 6.07) is 11.6. The van der Waals surface area contributed by atoms with Crippen molar-refractivity contribution in [1.82, 2.24) is 0 Å². The molecule has 0 radical (unpaired) electrons. The van der Waals surface area contributed by atoms with E-state index in [1.807, 2.05) is 57.2 Å². The lowest BCUT2D eigenvalue weighted by Gasteiger charge is -2.13. The molecule has 4 nitrogen and oxygen atoms in total. The number of benzene rings is 2. The van der Waals surface area contributed by atoms with Gasteiger partial charge in [-0.25, -0.2) is 4.79 Å². The third-order valence-corrected chi connectivity index (χ3v) is 4.54. The number of methoxy groups -OCH3 is 1. The zero-order valence-electron chi connectivity index (χ0n) is 15.0. The fourth-order valence-corrected chi connectivity index (χ4v) is 3.06. The molecule has 3 aromatic rings. The molecule has 0 saturated carbocycles. The Morgan fingerprint density at radius 2 is 1.88 bits per heavy atom. The van der Waals surface area contributed by atoms with Gasteiger partial charge >= 0.3 is 5.63 Å². The zero-order valence-corrected chi connectivity index (χ0v) is 15.0. The van der Waals surface area contributed by atoms with Crippen LogP contribution in [0.3, 0.4) is 0 Å². The molecule has 2 aromatic carbocycles. The molecule has 0 amide bonds. The summed E-state index contributed by atoms with van der Waals surface area (Å²) in [4.78, 5) is 12.2. The van der Waals surface area contributed by atoms with Gasteiger partial charge in [-0.1, -0.05) is 19.1 Å². The van der Waals surface area contributed by atoms with Crippen molar-refractivity contribution >= 4 is 11.0 Å². The van der Waals surface area contributed by atoms with E-state index in [0.717, 1.165) is 33.4 Å². The number of hydrogen-bond acceptors (Lipinski definition) is 4. The standard InChI is InChI=1S/C21H22O4/c1-5-17-13(2)18-9-10-19(14(3)20(18)25-21(17)22)24-12-15-7-6-8-16(11-15)23-4/h6-11H,5,12H2,1-4H3. The van der Waals surface area contributed by atoms with Crippen LogP contribution in [0.5, 0.6) is 11.5 Å². The summed E-state index contributed by atoms with van der Waals surface area (Å²) in [5, 5.41) is 0.961. The maximum atomic E-state index is 12.2. The maximum Gasteiger partial charge on any atom is 0.339 e. The molecule has 3 rings (SSSR count). The predicted molar refractivity (Wildman–Crippen MR) is 98.7 cm³/mol. The summed E-state index contributed by atoms with van der Waals surface area (Å²) in [5.41, 5.74) is 3.90. The average Bonchev–Trinajstić information content (AvgIpc) is 2.62. The van der Waals surface area contributed by atoms with Gasteiger partial charge in [0.15, 0.2) is 0 Å². The Hall–Kier alpha value is -2.75. The lowest BCUT2D eigenvalue weighted by molar-refractivity contribution is 0.303. The summed E-state index contributed by atoms with van der Waals surface area (Å²) in [7, 11) is 1.64. The van der Waals surface area contributed by atoms with Crippen LogP contribution in [0.1, 0.15) is 29.2 Å². The maximum absolute atomic E-state index is 12.2. The molecular formula is C21H22O4. The molecule has 0 aliphatic rings. The zero-order chi connectivity index (χ0) is 18.0. The highest BCUT2D eigenvalue weighted by Gasteiger charge is 2.14. The minimum atomic E-state index is -0.263. The minimum absolute atomic E-state index is 0.263. The van der Waals surface area contributed by atoms with E-state index in [1.54, 1.807) is 7.11 Å². The van der Waals surface area contributed by atoms with Crippen LogP contribution in [-0.2, 0) is 13.0 Å². The van der Waals surface area contributed by atoms with Gasteiger partial charge < -0.3 is 13.9 Å². The molecular weight excluding hydrogens is 316 g/mol. The van der Waals surface area contributed by atoms with E-state index in [4.69, 9.17) is 13.9 Å². The Morgan fingerprint density at radius 3 is 2.60 bits per heavy atom. The number of fused-ring (bicyclic) bond motifs is 1. The van der Waals surface area contributed by atoms with E-state index in [9.17, 15) is 4.79 Å². The van der Waals surface area contributed by atoms with Gasteiger partial charge in [-0.2, -0.15) is 0 Å². The van der Waals surface area contributed by atoms with Gasteiger partial charge in [0.25, 0.3) is 0 Å². The molecule has 0 aliphatic carbocycles. The first-order valence-electron chi connectivity index (χ1n) is 8.36. The third kappa shape index (κ3) is 3.25. The van der Waals surface area contributed by atoms with Crippen LogP contribution < -0.4 is 15.1 Å². The molecule has 0 unspecified atom stereocenters. The number of hydrogen-bond donors (Lipinski definition) is 0. The number of aryl methyl sites for hydroxylation is 2. The van der Waals surface area contributed by atoms with Gasteiger partial charge in [-0.3, -0.25) is 0 Å². The van der Waals surface area contributed by atoms with Gasteiger partial charge in [-0.05, 0) is 55.7 Å². The van der Waals surface area contributed by atoms with Gasteiger partial charge in [0.1, 0.15) is 23.7 Å². The van der Waals surface area contributed by atoms with Crippen molar-refractivity contribution < 1.29 is 13.9 Å². The highest BCUT2D eigenvalue weighted by atomic mass is 16.5. The summed E-state index contributed by atoms with van der Waals surface area (Å²) >= 11 is 0. The summed E-state index contributed by atoms with van der Waals surface area (Å²) in [6.07, 6.45) is 0.664. The number of rotatable bonds is 5. The second-order valence-electron chi connectivity index (χ2n) is 6.05. The first kappa shape index (κ1) is 17.1. The summed E-state index contributed by atoms with van der Waals surface area (Å²) < 4.78 is 16.7. The molecule has 1 aromatic heterocycles. The minimum Gasteiger partial charge on any atom is -0.497 e. The Balaban J connectivity index is 1.95. The topological polar surface area (TPSA) is 48.7 Å². The molecule has 130 valence electrons. The number of ether oxygens (including phenoxy) is 2. The quantitative estimate of drug-likeness (QED) is 0.640. The average molecular weight is 338 g/mol. The predicted octanol–water partition coefficient (Wildman–Crippen LogP) is 4.56. The molecule has 25 heavy (non-hydrogen) atoms. The van der Waals surface area contributed by atoms with Crippen molar-refractivity contribution in [2.45, 2.75) is 33.8 Å². The van der Waals surface area contributed by atoms with Gasteiger partial charge in [0.05, 0.1) is 7.11 Å². The summed E-state index contributed by atoms with van der Waals surface area (Å²) in [6.45, 7) is 6.26. The SMILES string of the molecule is CCc1c(C)c2ccc(OCc3cccc(OC)c3)c(C)c2oc1=O. The van der Waals surface area contributed by atoms with Crippen LogP contribution in [-0.4, -0.2) is 7.11 Å². The van der Waals surface area contributed by atoms with E-state index in [0.29, 0.717) is 24.4 Å². The molecule has 1 heterocycles. The van der Waals surface area contributed by atoms with Crippen LogP contribution in [0.25, 0.3) is 11.0 Å². The van der Waals surface area contributed by atoms with Crippen LogP contribution in [0.2, 0.25) is 0 Å². The lowest BCUT2D eigenvalue weighted by atomic mass is 10.0. The van der Waals surface area contributed by atoms with Crippen LogP contribution in [0, 0.1) is 13.8 Å². The molecule has 0 N–H and O–H groups in total. The molecule has 0 fully saturated rings. The second kappa shape index (κ2) is 7.01. The van der Waals surface area contributed by atoms with Crippen molar-refractivity contribution in [3.8, 4) is 11.5 Å². The van der Waals surface area contributed by atoms with Crippen molar-refractivity contribution in [2.75, 3.05) is 7.11 Å². The van der Waals surface area contributed by atoms with Crippen LogP contribution in [0.15, 0.2) is 45.6 Å². The van der Waals surface area contributed by atoms with Gasteiger partial charge in [-0.15, -0.1) is 0 Å². The normalized spacial score (nSPS) is 10.9. The van der Waals surface area contributed by atoms with Crippen LogP contribution in [0.4, 0.5) is 0 Å². The fourth-order valence-electron chi connectivity index (χ4n) is 3.06. The van der Waals surface area contributed by atoms with Crippen molar-refractivity contribution in [3.05, 3.63) is 69.1 Å². The Morgan fingerprint density at radius 1 is 1.08 bits per heavy atom. The Kier molecular flexibility index (Phi) is 4.79. The lowest BCUT2D eigenvalue weighted by Crippen LogP contribution is -2.09. The molecule has 0 spiro atoms. The molecule has 0 atom stereocenters. The van der Waals surface area contributed by atoms with Crippen molar-refractivity contribution in [1.29, 1.82) is 0 Å². The fraction of sp³-hybridized carbons (Fsp3) is 0.286. The molecule has 0 aliphatic heterocycles. The molecule has 0 saturated heterocycles. The van der Waals surface area contributed by atoms with E-state index < -0.39 is 0 Å². The van der Waals surface area contributed by atoms with Gasteiger partial charge in [0, 0.05) is 16.5 Å². The monoisotopic (exact) mass is 338 g/mol. The third-order valence-electron chi connectivity index (χ3n) is 4.54. The van der Waals surface area contributed by atoms with Crippen LogP contribution >= 0.6 is 0 Å². The van der Waals surface area contributed by atoms with Crippen molar-refractivity contribution in [3.63, 3.8) is 0 Å². The highest BCUT2D eigenvalue weighted by molar-refractivity contribution is 5.85.